The molecule has 3 aromatic rings. The van der Waals surface area contributed by atoms with E-state index in [-0.39, 0.29) is 18.1 Å². The van der Waals surface area contributed by atoms with Gasteiger partial charge in [0.15, 0.2) is 11.5 Å². The maximum atomic E-state index is 13.2. The average Bonchev–Trinajstić information content (AvgIpc) is 3.42. The summed E-state index contributed by atoms with van der Waals surface area (Å²) < 4.78 is 16.3. The zero-order valence-corrected chi connectivity index (χ0v) is 17.9. The van der Waals surface area contributed by atoms with Crippen molar-refractivity contribution < 1.29 is 28.9 Å². The maximum Gasteiger partial charge on any atom is 0.300 e. The van der Waals surface area contributed by atoms with Gasteiger partial charge in [-0.3, -0.25) is 14.5 Å². The maximum absolute atomic E-state index is 13.2. The number of Topliss-reactive ketones (excluding diaryl/α,β-unsaturated/α-hetero) is 1. The van der Waals surface area contributed by atoms with Crippen molar-refractivity contribution in [2.75, 3.05) is 18.3 Å². The number of carbonyl (C=O) groups is 2. The minimum atomic E-state index is -0.807. The van der Waals surface area contributed by atoms with Gasteiger partial charge in [-0.25, -0.2) is 0 Å². The summed E-state index contributed by atoms with van der Waals surface area (Å²) in [7, 11) is 0. The zero-order chi connectivity index (χ0) is 22.9. The van der Waals surface area contributed by atoms with E-state index < -0.39 is 17.7 Å². The van der Waals surface area contributed by atoms with E-state index in [0.29, 0.717) is 40.7 Å². The number of anilines is 1. The molecule has 0 saturated carbocycles. The van der Waals surface area contributed by atoms with Crippen molar-refractivity contribution in [3.05, 3.63) is 89.5 Å². The highest BCUT2D eigenvalue weighted by Gasteiger charge is 2.47. The van der Waals surface area contributed by atoms with Gasteiger partial charge in [-0.1, -0.05) is 30.3 Å². The Bertz CT molecular complexity index is 1250. The van der Waals surface area contributed by atoms with E-state index in [1.807, 2.05) is 37.3 Å². The van der Waals surface area contributed by atoms with Gasteiger partial charge in [0.25, 0.3) is 11.7 Å². The van der Waals surface area contributed by atoms with E-state index in [4.69, 9.17) is 14.2 Å². The number of carbonyl (C=O) groups excluding carboxylic acids is 2. The molecule has 1 saturated heterocycles. The highest BCUT2D eigenvalue weighted by Crippen LogP contribution is 2.44. The summed E-state index contributed by atoms with van der Waals surface area (Å²) in [6.45, 7) is 2.49. The molecular weight excluding hydrogens is 422 g/mol. The number of fused-ring (bicyclic) bond motifs is 1. The normalized spacial score (nSPS) is 18.6. The van der Waals surface area contributed by atoms with Crippen LogP contribution in [0.5, 0.6) is 17.2 Å². The van der Waals surface area contributed by atoms with Gasteiger partial charge < -0.3 is 19.3 Å². The number of benzene rings is 3. The summed E-state index contributed by atoms with van der Waals surface area (Å²) in [6.07, 6.45) is 0. The van der Waals surface area contributed by atoms with Crippen LogP contribution in [0.3, 0.4) is 0 Å². The Balaban J connectivity index is 1.65. The van der Waals surface area contributed by atoms with Crippen LogP contribution in [-0.2, 0) is 9.59 Å². The van der Waals surface area contributed by atoms with Crippen LogP contribution in [0.15, 0.2) is 78.4 Å². The molecule has 2 aliphatic heterocycles. The van der Waals surface area contributed by atoms with Gasteiger partial charge in [0.05, 0.1) is 18.2 Å². The van der Waals surface area contributed by atoms with E-state index >= 15 is 0 Å². The van der Waals surface area contributed by atoms with Crippen LogP contribution in [0.25, 0.3) is 5.76 Å². The Labute approximate surface area is 190 Å². The van der Waals surface area contributed by atoms with Crippen LogP contribution in [0, 0.1) is 0 Å². The third-order valence-corrected chi connectivity index (χ3v) is 5.63. The van der Waals surface area contributed by atoms with Gasteiger partial charge in [-0.05, 0) is 48.9 Å². The van der Waals surface area contributed by atoms with Crippen molar-refractivity contribution in [2.45, 2.75) is 13.0 Å². The second kappa shape index (κ2) is 8.35. The van der Waals surface area contributed by atoms with Gasteiger partial charge in [0.2, 0.25) is 6.79 Å². The predicted octanol–water partition coefficient (Wildman–Crippen LogP) is 4.44. The van der Waals surface area contributed by atoms with E-state index in [0.717, 1.165) is 0 Å². The Hall–Kier alpha value is -4.26. The molecule has 0 spiro atoms. The predicted molar refractivity (Wildman–Crippen MR) is 121 cm³/mol. The molecule has 0 aliphatic carbocycles. The molecule has 33 heavy (non-hydrogen) atoms. The number of rotatable bonds is 5. The number of aliphatic hydroxyl groups is 1. The second-order valence-corrected chi connectivity index (χ2v) is 7.57. The number of hydrogen-bond acceptors (Lipinski definition) is 6. The van der Waals surface area contributed by atoms with Crippen LogP contribution < -0.4 is 19.1 Å². The number of nitrogens with zero attached hydrogens (tertiary/aromatic N) is 1. The number of ether oxygens (including phenoxy) is 3. The standard InChI is InChI=1S/C26H21NO6/c1-2-31-19-11-8-17(9-12-19)24(28)22-23(16-6-4-3-5-7-16)27(26(30)25(22)29)18-10-13-20-21(14-18)33-15-32-20/h3-14,23,28H,2,15H2,1H3/b24-22+. The molecule has 1 amide bonds. The van der Waals surface area contributed by atoms with Crippen LogP contribution in [-0.4, -0.2) is 30.2 Å². The molecule has 7 nitrogen and oxygen atoms in total. The lowest BCUT2D eigenvalue weighted by Crippen LogP contribution is -2.29. The molecule has 5 rings (SSSR count). The number of amides is 1. The van der Waals surface area contributed by atoms with Gasteiger partial charge in [-0.15, -0.1) is 0 Å². The lowest BCUT2D eigenvalue weighted by molar-refractivity contribution is -0.132. The molecule has 1 fully saturated rings. The third-order valence-electron chi connectivity index (χ3n) is 5.63. The molecule has 2 heterocycles. The lowest BCUT2D eigenvalue weighted by Gasteiger charge is -2.25. The van der Waals surface area contributed by atoms with Crippen molar-refractivity contribution in [2.24, 2.45) is 0 Å². The van der Waals surface area contributed by atoms with Crippen molar-refractivity contribution in [3.8, 4) is 17.2 Å². The van der Waals surface area contributed by atoms with Crippen LogP contribution in [0.1, 0.15) is 24.1 Å². The van der Waals surface area contributed by atoms with Crippen molar-refractivity contribution >= 4 is 23.1 Å². The van der Waals surface area contributed by atoms with Crippen molar-refractivity contribution in [1.29, 1.82) is 0 Å². The summed E-state index contributed by atoms with van der Waals surface area (Å²) in [6, 6.07) is 20.2. The molecule has 0 aromatic heterocycles. The first-order valence-electron chi connectivity index (χ1n) is 10.6. The van der Waals surface area contributed by atoms with E-state index in [9.17, 15) is 14.7 Å². The van der Waals surface area contributed by atoms with Gasteiger partial charge in [0, 0.05) is 17.3 Å². The minimum Gasteiger partial charge on any atom is -0.507 e. The first-order valence-corrected chi connectivity index (χ1v) is 10.6. The molecule has 166 valence electrons. The quantitative estimate of drug-likeness (QED) is 0.357. The third kappa shape index (κ3) is 3.57. The highest BCUT2D eigenvalue weighted by atomic mass is 16.7. The molecule has 0 bridgehead atoms. The van der Waals surface area contributed by atoms with E-state index in [1.165, 1.54) is 4.90 Å². The van der Waals surface area contributed by atoms with E-state index in [2.05, 4.69) is 0 Å². The summed E-state index contributed by atoms with van der Waals surface area (Å²) in [5.41, 5.74) is 1.61. The molecular formula is C26H21NO6. The summed E-state index contributed by atoms with van der Waals surface area (Å²) >= 11 is 0. The molecule has 1 atom stereocenters. The first-order chi connectivity index (χ1) is 16.1. The molecule has 1 N–H and O–H groups in total. The molecule has 1 unspecified atom stereocenters. The molecule has 2 aliphatic rings. The average molecular weight is 443 g/mol. The monoisotopic (exact) mass is 443 g/mol. The van der Waals surface area contributed by atoms with Gasteiger partial charge in [-0.2, -0.15) is 0 Å². The fraction of sp³-hybridized carbons (Fsp3) is 0.154. The highest BCUT2D eigenvalue weighted by molar-refractivity contribution is 6.51. The molecule has 7 heteroatoms. The topological polar surface area (TPSA) is 85.3 Å². The Morgan fingerprint density at radius 2 is 1.73 bits per heavy atom. The minimum absolute atomic E-state index is 0.0213. The van der Waals surface area contributed by atoms with Crippen LogP contribution >= 0.6 is 0 Å². The summed E-state index contributed by atoms with van der Waals surface area (Å²) in [5, 5.41) is 11.2. The van der Waals surface area contributed by atoms with Gasteiger partial charge in [0.1, 0.15) is 11.5 Å². The van der Waals surface area contributed by atoms with E-state index in [1.54, 1.807) is 42.5 Å². The SMILES string of the molecule is CCOc1ccc(/C(O)=C2\C(=O)C(=O)N(c3ccc4c(c3)OCO4)C2c2ccccc2)cc1. The summed E-state index contributed by atoms with van der Waals surface area (Å²) in [5.74, 6) is -0.0141. The number of aliphatic hydroxyl groups excluding tert-OH is 1. The summed E-state index contributed by atoms with van der Waals surface area (Å²) in [4.78, 5) is 27.8. The van der Waals surface area contributed by atoms with Crippen molar-refractivity contribution in [1.82, 2.24) is 0 Å². The number of ketones is 1. The Kier molecular flexibility index (Phi) is 5.22. The fourth-order valence-corrected chi connectivity index (χ4v) is 4.12. The Morgan fingerprint density at radius 3 is 2.45 bits per heavy atom. The molecule has 0 radical (unpaired) electrons. The molecule has 3 aromatic carbocycles. The largest absolute Gasteiger partial charge is 0.507 e. The fourth-order valence-electron chi connectivity index (χ4n) is 4.12. The first kappa shape index (κ1) is 20.6. The smallest absolute Gasteiger partial charge is 0.300 e. The Morgan fingerprint density at radius 1 is 1.00 bits per heavy atom. The number of hydrogen-bond donors (Lipinski definition) is 1. The van der Waals surface area contributed by atoms with Gasteiger partial charge >= 0.3 is 0 Å². The second-order valence-electron chi connectivity index (χ2n) is 7.57. The van der Waals surface area contributed by atoms with Crippen molar-refractivity contribution in [3.63, 3.8) is 0 Å². The van der Waals surface area contributed by atoms with Crippen LogP contribution in [0.4, 0.5) is 5.69 Å². The van der Waals surface area contributed by atoms with Crippen LogP contribution in [0.2, 0.25) is 0 Å². The zero-order valence-electron chi connectivity index (χ0n) is 17.9. The lowest BCUT2D eigenvalue weighted by atomic mass is 9.95.